The summed E-state index contributed by atoms with van der Waals surface area (Å²) in [5.74, 6) is 0. The summed E-state index contributed by atoms with van der Waals surface area (Å²) in [4.78, 5) is 0. The second-order valence-electron chi connectivity index (χ2n) is 23.4. The largest absolute Gasteiger partial charge is 0.394 e. The summed E-state index contributed by atoms with van der Waals surface area (Å²) in [7, 11) is 0. The van der Waals surface area contributed by atoms with Crippen LogP contribution in [0.1, 0.15) is 25.7 Å². The van der Waals surface area contributed by atoms with Crippen molar-refractivity contribution in [1.29, 1.82) is 0 Å². The minimum absolute atomic E-state index is 0.205. The molecule has 6 saturated heterocycles. The molecule has 0 aromatic carbocycles. The lowest BCUT2D eigenvalue weighted by molar-refractivity contribution is -0.333. The molecular formula is C50H92N2O38. The van der Waals surface area contributed by atoms with Crippen molar-refractivity contribution >= 4 is 0 Å². The molecule has 6 aliphatic rings. The number of unbranched alkanes of at least 4 members (excludes halogenated alkanes) is 1. The number of ether oxygens (including phenoxy) is 12. The molecule has 6 heterocycles. The highest BCUT2D eigenvalue weighted by atomic mass is 16.8. The van der Waals surface area contributed by atoms with Crippen LogP contribution in [0.5, 0.6) is 0 Å². The summed E-state index contributed by atoms with van der Waals surface area (Å²) in [5.41, 5.74) is -0.205. The van der Waals surface area contributed by atoms with E-state index < -0.39 is 286 Å². The van der Waals surface area contributed by atoms with Gasteiger partial charge in [0.2, 0.25) is 0 Å². The van der Waals surface area contributed by atoms with Gasteiger partial charge in [-0.15, -0.1) is 0 Å². The number of rotatable bonds is 33. The topological polar surface area (TPSA) is 661 Å². The highest BCUT2D eigenvalue weighted by Crippen LogP contribution is 2.38. The number of aliphatic hydroxyl groups excluding tert-OH is 24. The van der Waals surface area contributed by atoms with Crippen LogP contribution in [0.4, 0.5) is 0 Å². The molecule has 530 valence electrons. The van der Waals surface area contributed by atoms with Crippen LogP contribution in [0.3, 0.4) is 0 Å². The fourth-order valence-electron chi connectivity index (χ4n) is 11.3. The maximum atomic E-state index is 11.2. The molecule has 6 aliphatic heterocycles. The molecule has 0 radical (unpaired) electrons. The molecule has 0 aromatic heterocycles. The van der Waals surface area contributed by atoms with Crippen LogP contribution in [0.25, 0.3) is 0 Å². The van der Waals surface area contributed by atoms with Gasteiger partial charge in [-0.1, -0.05) is 12.8 Å². The Morgan fingerprint density at radius 1 is 0.256 bits per heavy atom. The van der Waals surface area contributed by atoms with Gasteiger partial charge >= 0.3 is 0 Å². The van der Waals surface area contributed by atoms with E-state index in [1.807, 2.05) is 0 Å². The molecule has 32 atom stereocenters. The SMILES string of the molecule is OCC1OC(OCC(COC2OC(CO)C(O)C(O)C2O)(COC2OC(CO)C(O)C(O)C2O)C(CCCCC(NO)C(COC2OC(CO)C(O)C(O)C2O)(COC2OC(CO)C(O)C(O)C2O)COC2OC(CO)C(O)C(O)C2O)NO)C(O)C(O)C1O. The first-order valence-corrected chi connectivity index (χ1v) is 29.0. The fourth-order valence-corrected chi connectivity index (χ4v) is 11.3. The van der Waals surface area contributed by atoms with E-state index in [4.69, 9.17) is 56.8 Å². The van der Waals surface area contributed by atoms with Gasteiger partial charge in [0.1, 0.15) is 146 Å². The lowest BCUT2D eigenvalue weighted by atomic mass is 9.78. The Bertz CT molecular complexity index is 1710. The maximum absolute atomic E-state index is 11.2. The van der Waals surface area contributed by atoms with E-state index in [1.165, 1.54) is 0 Å². The van der Waals surface area contributed by atoms with Gasteiger partial charge in [0.15, 0.2) is 37.7 Å². The van der Waals surface area contributed by atoms with Gasteiger partial charge in [0.05, 0.1) is 90.1 Å². The van der Waals surface area contributed by atoms with Gasteiger partial charge in [-0.3, -0.25) is 0 Å². The number of hydroxylamine groups is 2. The Hall–Kier alpha value is -1.60. The number of hydrogen-bond acceptors (Lipinski definition) is 40. The van der Waals surface area contributed by atoms with Gasteiger partial charge in [0, 0.05) is 12.1 Å². The molecule has 40 nitrogen and oxygen atoms in total. The number of hydrogen-bond donors (Lipinski definition) is 28. The van der Waals surface area contributed by atoms with Crippen molar-refractivity contribution in [2.45, 2.75) is 222 Å². The lowest BCUT2D eigenvalue weighted by Gasteiger charge is -2.47. The van der Waals surface area contributed by atoms with E-state index in [0.717, 1.165) is 0 Å². The van der Waals surface area contributed by atoms with Gasteiger partial charge in [-0.2, -0.15) is 0 Å². The van der Waals surface area contributed by atoms with Crippen LogP contribution >= 0.6 is 0 Å². The fraction of sp³-hybridized carbons (Fsp3) is 1.00. The van der Waals surface area contributed by atoms with Gasteiger partial charge in [-0.25, -0.2) is 11.0 Å². The lowest BCUT2D eigenvalue weighted by Crippen LogP contribution is -2.63. The molecule has 6 rings (SSSR count). The third kappa shape index (κ3) is 17.6. The van der Waals surface area contributed by atoms with E-state index >= 15 is 0 Å². The summed E-state index contributed by atoms with van der Waals surface area (Å²) in [5, 5.41) is 276. The van der Waals surface area contributed by atoms with Gasteiger partial charge < -0.3 is 190 Å². The second-order valence-corrected chi connectivity index (χ2v) is 23.4. The van der Waals surface area contributed by atoms with Crippen molar-refractivity contribution in [3.8, 4) is 0 Å². The number of nitrogens with one attached hydrogen (secondary N) is 2. The van der Waals surface area contributed by atoms with Crippen LogP contribution in [-0.4, -0.2) is 409 Å². The van der Waals surface area contributed by atoms with Crippen molar-refractivity contribution in [3.05, 3.63) is 0 Å². The van der Waals surface area contributed by atoms with E-state index in [9.17, 15) is 133 Å². The zero-order valence-electron chi connectivity index (χ0n) is 48.3. The molecule has 40 heteroatoms. The van der Waals surface area contributed by atoms with Crippen molar-refractivity contribution in [1.82, 2.24) is 11.0 Å². The van der Waals surface area contributed by atoms with Crippen LogP contribution < -0.4 is 11.0 Å². The molecule has 0 aliphatic carbocycles. The van der Waals surface area contributed by atoms with E-state index in [0.29, 0.717) is 0 Å². The highest BCUT2D eigenvalue weighted by molar-refractivity contribution is 4.99. The molecule has 0 aromatic rings. The molecule has 32 unspecified atom stereocenters. The zero-order valence-corrected chi connectivity index (χ0v) is 48.3. The summed E-state index contributed by atoms with van der Waals surface area (Å²) in [6, 6.07) is -3.19. The van der Waals surface area contributed by atoms with Crippen LogP contribution in [0.2, 0.25) is 0 Å². The molecule has 6 fully saturated rings. The van der Waals surface area contributed by atoms with Crippen molar-refractivity contribution in [3.63, 3.8) is 0 Å². The molecular weight excluding hydrogens is 1240 g/mol. The van der Waals surface area contributed by atoms with Crippen molar-refractivity contribution in [2.24, 2.45) is 10.8 Å². The minimum atomic E-state index is -2.17. The predicted molar refractivity (Wildman–Crippen MR) is 279 cm³/mol. The Balaban J connectivity index is 1.39. The van der Waals surface area contributed by atoms with E-state index in [-0.39, 0.29) is 25.7 Å². The smallest absolute Gasteiger partial charge is 0.186 e. The Morgan fingerprint density at radius 2 is 0.411 bits per heavy atom. The Labute approximate surface area is 512 Å². The highest BCUT2D eigenvalue weighted by Gasteiger charge is 2.55. The van der Waals surface area contributed by atoms with Crippen LogP contribution in [-0.2, 0) is 56.8 Å². The monoisotopic (exact) mass is 1330 g/mol. The molecule has 0 saturated carbocycles. The standard InChI is InChI=1S/C50H92N2O38/c53-5-17-25(59)31(65)37(71)43(85-17)79-11-49(12-80-44-38(72)32(66)26(60)18(6-54)86-44,13-81-45-39(73)33(67)27(61)19(7-55)87-45)23(51-77)3-1-2-4-24(52-78)50(14-82-46-40(74)34(68)28(62)20(8-56)88-46,15-83-47-41(75)35(69)29(63)21(9-57)89-47)16-84-48-42(76)36(70)30(64)22(10-58)90-48/h17-48,51-78H,1-16H2. The van der Waals surface area contributed by atoms with Crippen molar-refractivity contribution < 1.29 is 190 Å². The number of aliphatic hydroxyl groups is 24. The minimum Gasteiger partial charge on any atom is -0.394 e. The third-order valence-corrected chi connectivity index (χ3v) is 17.3. The summed E-state index contributed by atoms with van der Waals surface area (Å²) in [6.45, 7) is -11.4. The van der Waals surface area contributed by atoms with Crippen molar-refractivity contribution in [2.75, 3.05) is 79.3 Å². The Morgan fingerprint density at radius 3 is 0.544 bits per heavy atom. The van der Waals surface area contributed by atoms with Crippen LogP contribution in [0.15, 0.2) is 0 Å². The quantitative estimate of drug-likeness (QED) is 0.0214. The Kier molecular flexibility index (Phi) is 30.2. The van der Waals surface area contributed by atoms with Gasteiger partial charge in [0.25, 0.3) is 0 Å². The molecule has 0 spiro atoms. The average molecular weight is 1330 g/mol. The normalized spacial score (nSPS) is 45.0. The summed E-state index contributed by atoms with van der Waals surface area (Å²) < 4.78 is 69.4. The molecule has 0 amide bonds. The van der Waals surface area contributed by atoms with E-state index in [1.54, 1.807) is 0 Å². The van der Waals surface area contributed by atoms with Gasteiger partial charge in [-0.05, 0) is 12.8 Å². The first-order valence-electron chi connectivity index (χ1n) is 29.0. The van der Waals surface area contributed by atoms with E-state index in [2.05, 4.69) is 11.0 Å². The summed E-state index contributed by atoms with van der Waals surface area (Å²) >= 11 is 0. The second kappa shape index (κ2) is 35.1. The first-order chi connectivity index (χ1) is 42.7. The van der Waals surface area contributed by atoms with Crippen LogP contribution in [0, 0.1) is 10.8 Å². The average Bonchev–Trinajstić information content (AvgIpc) is 1.26. The third-order valence-electron chi connectivity index (χ3n) is 17.3. The zero-order chi connectivity index (χ0) is 66.7. The first kappa shape index (κ1) is 77.4. The summed E-state index contributed by atoms with van der Waals surface area (Å²) in [6.07, 6.45) is -58.6. The molecule has 28 N–H and O–H groups in total. The maximum Gasteiger partial charge on any atom is 0.186 e. The molecule has 0 bridgehead atoms. The predicted octanol–water partition coefficient (Wildman–Crippen LogP) is -15.9. The molecule has 90 heavy (non-hydrogen) atoms.